The fraction of sp³-hybridized carbons (Fsp3) is 0.296. The zero-order chi connectivity index (χ0) is 23.9. The molecule has 0 radical (unpaired) electrons. The molecule has 176 valence electrons. The summed E-state index contributed by atoms with van der Waals surface area (Å²) >= 11 is 6.13. The fourth-order valence-corrected chi connectivity index (χ4v) is 4.48. The van der Waals surface area contributed by atoms with Gasteiger partial charge in [0.15, 0.2) is 0 Å². The van der Waals surface area contributed by atoms with Crippen LogP contribution >= 0.6 is 11.6 Å². The van der Waals surface area contributed by atoms with E-state index in [0.717, 1.165) is 25.7 Å². The number of carbonyl (C=O) groups is 2. The Kier molecular flexibility index (Phi) is 7.80. The van der Waals surface area contributed by atoms with Crippen LogP contribution < -0.4 is 15.0 Å². The molecule has 4 rings (SSSR count). The molecule has 3 aromatic rings. The summed E-state index contributed by atoms with van der Waals surface area (Å²) in [4.78, 5) is 33.4. The van der Waals surface area contributed by atoms with Crippen molar-refractivity contribution in [2.24, 2.45) is 0 Å². The van der Waals surface area contributed by atoms with Crippen LogP contribution in [0.5, 0.6) is 5.75 Å². The second kappa shape index (κ2) is 11.2. The number of anilines is 1. The van der Waals surface area contributed by atoms with E-state index < -0.39 is 6.04 Å². The molecule has 0 unspecified atom stereocenters. The summed E-state index contributed by atoms with van der Waals surface area (Å²) in [6.45, 7) is 0. The van der Waals surface area contributed by atoms with Crippen LogP contribution in [0.15, 0.2) is 72.9 Å². The molecule has 1 aromatic heterocycles. The minimum absolute atomic E-state index is 0.0892. The van der Waals surface area contributed by atoms with E-state index in [4.69, 9.17) is 16.3 Å². The second-order valence-electron chi connectivity index (χ2n) is 8.39. The van der Waals surface area contributed by atoms with Crippen LogP contribution in [0, 0.1) is 0 Å². The molecule has 0 aliphatic heterocycles. The lowest BCUT2D eigenvalue weighted by atomic mass is 9.94. The zero-order valence-corrected chi connectivity index (χ0v) is 19.9. The largest absolute Gasteiger partial charge is 0.497 e. The van der Waals surface area contributed by atoms with Gasteiger partial charge in [0, 0.05) is 22.9 Å². The highest BCUT2D eigenvalue weighted by molar-refractivity contribution is 6.30. The van der Waals surface area contributed by atoms with Gasteiger partial charge in [-0.1, -0.05) is 49.1 Å². The molecule has 34 heavy (non-hydrogen) atoms. The topological polar surface area (TPSA) is 71.5 Å². The molecule has 2 amide bonds. The lowest BCUT2D eigenvalue weighted by molar-refractivity contribution is -0.123. The van der Waals surface area contributed by atoms with Gasteiger partial charge in [0.05, 0.1) is 7.11 Å². The minimum atomic E-state index is -0.923. The van der Waals surface area contributed by atoms with Crippen molar-refractivity contribution >= 4 is 29.1 Å². The highest BCUT2D eigenvalue weighted by Gasteiger charge is 2.35. The molecule has 6 nitrogen and oxygen atoms in total. The summed E-state index contributed by atoms with van der Waals surface area (Å²) in [6.07, 6.45) is 6.79. The summed E-state index contributed by atoms with van der Waals surface area (Å²) in [5.74, 6) is -0.0109. The summed E-state index contributed by atoms with van der Waals surface area (Å²) in [5, 5.41) is 3.74. The van der Waals surface area contributed by atoms with Crippen molar-refractivity contribution in [2.75, 3.05) is 12.0 Å². The number of carbonyl (C=O) groups excluding carboxylic acids is 2. The van der Waals surface area contributed by atoms with E-state index in [0.29, 0.717) is 22.0 Å². The maximum Gasteiger partial charge on any atom is 0.277 e. The molecule has 1 fully saturated rings. The van der Waals surface area contributed by atoms with Gasteiger partial charge in [0.1, 0.15) is 17.5 Å². The Hall–Kier alpha value is -3.38. The third-order valence-electron chi connectivity index (χ3n) is 6.08. The number of ether oxygens (including phenoxy) is 1. The maximum atomic E-state index is 13.8. The number of amides is 2. The molecule has 0 saturated heterocycles. The predicted molar refractivity (Wildman–Crippen MR) is 133 cm³/mol. The van der Waals surface area contributed by atoms with Crippen LogP contribution in [-0.4, -0.2) is 29.9 Å². The van der Waals surface area contributed by atoms with Gasteiger partial charge in [0.25, 0.3) is 5.91 Å². The molecule has 1 N–H and O–H groups in total. The van der Waals surface area contributed by atoms with Gasteiger partial charge in [0.2, 0.25) is 5.91 Å². The van der Waals surface area contributed by atoms with Crippen molar-refractivity contribution in [1.82, 2.24) is 10.3 Å². The number of halogens is 1. The first-order valence-corrected chi connectivity index (χ1v) is 11.9. The van der Waals surface area contributed by atoms with Gasteiger partial charge in [-0.3, -0.25) is 19.5 Å². The first kappa shape index (κ1) is 23.8. The third-order valence-corrected chi connectivity index (χ3v) is 6.33. The number of nitrogens with zero attached hydrogens (tertiary/aromatic N) is 2. The van der Waals surface area contributed by atoms with Crippen molar-refractivity contribution in [1.29, 1.82) is 0 Å². The summed E-state index contributed by atoms with van der Waals surface area (Å²) in [6, 6.07) is 18.5. The van der Waals surface area contributed by atoms with Crippen molar-refractivity contribution in [3.05, 3.63) is 89.2 Å². The fourth-order valence-electron chi connectivity index (χ4n) is 4.35. The molecule has 7 heteroatoms. The SMILES string of the molecule is COc1cccc([C@@H](C(=O)NC2CCCCC2)N(C(=O)c2ccccn2)c2ccc(Cl)cc2)c1. The first-order chi connectivity index (χ1) is 16.6. The highest BCUT2D eigenvalue weighted by atomic mass is 35.5. The number of hydrogen-bond donors (Lipinski definition) is 1. The molecule has 1 saturated carbocycles. The lowest BCUT2D eigenvalue weighted by Crippen LogP contribution is -2.47. The van der Waals surface area contributed by atoms with Gasteiger partial charge >= 0.3 is 0 Å². The second-order valence-corrected chi connectivity index (χ2v) is 8.83. The van der Waals surface area contributed by atoms with Crippen LogP contribution in [0.1, 0.15) is 54.2 Å². The van der Waals surface area contributed by atoms with Crippen molar-refractivity contribution in [3.8, 4) is 5.75 Å². The van der Waals surface area contributed by atoms with E-state index in [-0.39, 0.29) is 23.6 Å². The Bertz CT molecular complexity index is 1120. The number of pyridine rings is 1. The number of aromatic nitrogens is 1. The number of nitrogens with one attached hydrogen (secondary N) is 1. The van der Waals surface area contributed by atoms with Crippen LogP contribution in [-0.2, 0) is 4.79 Å². The average Bonchev–Trinajstić information content (AvgIpc) is 2.88. The van der Waals surface area contributed by atoms with Crippen LogP contribution in [0.3, 0.4) is 0 Å². The van der Waals surface area contributed by atoms with E-state index in [2.05, 4.69) is 10.3 Å². The van der Waals surface area contributed by atoms with Crippen LogP contribution in [0.25, 0.3) is 0 Å². The van der Waals surface area contributed by atoms with Crippen molar-refractivity contribution < 1.29 is 14.3 Å². The zero-order valence-electron chi connectivity index (χ0n) is 19.1. The van der Waals surface area contributed by atoms with Gasteiger partial charge in [-0.05, 0) is 66.9 Å². The highest BCUT2D eigenvalue weighted by Crippen LogP contribution is 2.32. The quantitative estimate of drug-likeness (QED) is 0.482. The number of benzene rings is 2. The predicted octanol–water partition coefficient (Wildman–Crippen LogP) is 5.58. The third kappa shape index (κ3) is 5.57. The molecular formula is C27H28ClN3O3. The Morgan fingerprint density at radius 2 is 1.79 bits per heavy atom. The molecule has 1 aliphatic carbocycles. The molecule has 1 atom stereocenters. The average molecular weight is 478 g/mol. The van der Waals surface area contributed by atoms with Gasteiger partial charge in [-0.15, -0.1) is 0 Å². The Labute approximate surface area is 204 Å². The molecule has 2 aromatic carbocycles. The van der Waals surface area contributed by atoms with Crippen molar-refractivity contribution in [3.63, 3.8) is 0 Å². The van der Waals surface area contributed by atoms with E-state index in [1.807, 2.05) is 18.2 Å². The normalized spacial score (nSPS) is 14.8. The monoisotopic (exact) mass is 477 g/mol. The van der Waals surface area contributed by atoms with Crippen LogP contribution in [0.2, 0.25) is 5.02 Å². The number of methoxy groups -OCH3 is 1. The Morgan fingerprint density at radius 1 is 1.03 bits per heavy atom. The van der Waals surface area contributed by atoms with E-state index in [1.54, 1.807) is 61.8 Å². The molecule has 1 heterocycles. The number of hydrogen-bond acceptors (Lipinski definition) is 4. The van der Waals surface area contributed by atoms with E-state index in [1.165, 1.54) is 11.3 Å². The molecule has 0 bridgehead atoms. The van der Waals surface area contributed by atoms with Crippen LogP contribution in [0.4, 0.5) is 5.69 Å². The maximum absolute atomic E-state index is 13.8. The number of rotatable bonds is 7. The van der Waals surface area contributed by atoms with E-state index in [9.17, 15) is 9.59 Å². The van der Waals surface area contributed by atoms with Crippen molar-refractivity contribution in [2.45, 2.75) is 44.2 Å². The summed E-state index contributed by atoms with van der Waals surface area (Å²) < 4.78 is 5.42. The van der Waals surface area contributed by atoms with E-state index >= 15 is 0 Å². The Balaban J connectivity index is 1.81. The first-order valence-electron chi connectivity index (χ1n) is 11.5. The van der Waals surface area contributed by atoms with Gasteiger partial charge < -0.3 is 10.1 Å². The Morgan fingerprint density at radius 3 is 2.47 bits per heavy atom. The summed E-state index contributed by atoms with van der Waals surface area (Å²) in [7, 11) is 1.58. The standard InChI is InChI=1S/C27H28ClN3O3/c1-34-23-11-7-8-19(18-23)25(26(32)30-21-9-3-2-4-10-21)31(22-15-13-20(28)14-16-22)27(33)24-12-5-6-17-29-24/h5-8,11-18,21,25H,2-4,9-10H2,1H3,(H,30,32)/t25-/m0/s1. The van der Waals surface area contributed by atoms with Gasteiger partial charge in [-0.25, -0.2) is 0 Å². The molecule has 1 aliphatic rings. The smallest absolute Gasteiger partial charge is 0.277 e. The molecule has 0 spiro atoms. The lowest BCUT2D eigenvalue weighted by Gasteiger charge is -2.33. The minimum Gasteiger partial charge on any atom is -0.497 e. The molecular weight excluding hydrogens is 450 g/mol. The summed E-state index contributed by atoms with van der Waals surface area (Å²) in [5.41, 5.74) is 1.44. The van der Waals surface area contributed by atoms with Gasteiger partial charge in [-0.2, -0.15) is 0 Å².